The van der Waals surface area contributed by atoms with E-state index in [1.54, 1.807) is 0 Å². The van der Waals surface area contributed by atoms with Gasteiger partial charge in [0.2, 0.25) is 11.8 Å². The predicted octanol–water partition coefficient (Wildman–Crippen LogP) is 3.81. The molecule has 1 saturated heterocycles. The van der Waals surface area contributed by atoms with E-state index in [0.717, 1.165) is 24.9 Å². The molecule has 0 aromatic heterocycles. The molecule has 0 saturated carbocycles. The first kappa shape index (κ1) is 25.7. The van der Waals surface area contributed by atoms with Crippen LogP contribution in [0.4, 0.5) is 5.69 Å². The molecule has 1 aromatic rings. The lowest BCUT2D eigenvalue weighted by atomic mass is 10.0. The Kier molecular flexibility index (Phi) is 10.5. The van der Waals surface area contributed by atoms with Crippen LogP contribution in [0.5, 0.6) is 0 Å². The Bertz CT molecular complexity index is 767. The second kappa shape index (κ2) is 13.1. The SMILES string of the molecule is CC(C)CC(=O)N1CCN(C(=O)CCCCCN=C(N)Nc2cccc(C(C)C)c2)CC1. The third kappa shape index (κ3) is 8.89. The molecular formula is C25H41N5O2. The lowest BCUT2D eigenvalue weighted by Gasteiger charge is -2.35. The van der Waals surface area contributed by atoms with Crippen molar-refractivity contribution in [3.63, 3.8) is 0 Å². The molecule has 2 rings (SSSR count). The quantitative estimate of drug-likeness (QED) is 0.327. The number of carbonyl (C=O) groups excluding carboxylic acids is 2. The zero-order valence-corrected chi connectivity index (χ0v) is 20.3. The first-order valence-electron chi connectivity index (χ1n) is 12.0. The van der Waals surface area contributed by atoms with Crippen molar-refractivity contribution in [2.45, 2.75) is 65.7 Å². The summed E-state index contributed by atoms with van der Waals surface area (Å²) in [5.74, 6) is 1.65. The summed E-state index contributed by atoms with van der Waals surface area (Å²) in [4.78, 5) is 32.8. The minimum Gasteiger partial charge on any atom is -0.370 e. The molecule has 1 fully saturated rings. The molecule has 0 unspecified atom stereocenters. The van der Waals surface area contributed by atoms with Crippen LogP contribution in [0.25, 0.3) is 0 Å². The smallest absolute Gasteiger partial charge is 0.222 e. The van der Waals surface area contributed by atoms with Crippen molar-refractivity contribution >= 4 is 23.5 Å². The number of nitrogens with one attached hydrogen (secondary N) is 1. The Labute approximate surface area is 193 Å². The highest BCUT2D eigenvalue weighted by molar-refractivity contribution is 5.92. The lowest BCUT2D eigenvalue weighted by Crippen LogP contribution is -2.50. The van der Waals surface area contributed by atoms with Gasteiger partial charge in [-0.1, -0.05) is 46.2 Å². The van der Waals surface area contributed by atoms with E-state index in [1.807, 2.05) is 21.9 Å². The van der Waals surface area contributed by atoms with Gasteiger partial charge in [0.05, 0.1) is 0 Å². The highest BCUT2D eigenvalue weighted by Crippen LogP contribution is 2.18. The van der Waals surface area contributed by atoms with E-state index in [2.05, 4.69) is 50.1 Å². The summed E-state index contributed by atoms with van der Waals surface area (Å²) >= 11 is 0. The monoisotopic (exact) mass is 443 g/mol. The van der Waals surface area contributed by atoms with E-state index in [4.69, 9.17) is 5.73 Å². The van der Waals surface area contributed by atoms with E-state index < -0.39 is 0 Å². The topological polar surface area (TPSA) is 91.0 Å². The van der Waals surface area contributed by atoms with Crippen molar-refractivity contribution < 1.29 is 9.59 Å². The fourth-order valence-corrected chi connectivity index (χ4v) is 3.77. The molecule has 7 heteroatoms. The van der Waals surface area contributed by atoms with Crippen molar-refractivity contribution in [3.8, 4) is 0 Å². The van der Waals surface area contributed by atoms with Crippen molar-refractivity contribution in [2.24, 2.45) is 16.6 Å². The highest BCUT2D eigenvalue weighted by atomic mass is 16.2. The molecule has 1 aromatic carbocycles. The van der Waals surface area contributed by atoms with Crippen molar-refractivity contribution in [1.29, 1.82) is 0 Å². The van der Waals surface area contributed by atoms with E-state index >= 15 is 0 Å². The van der Waals surface area contributed by atoms with Crippen LogP contribution in [0.15, 0.2) is 29.3 Å². The van der Waals surface area contributed by atoms with Crippen LogP contribution in [0.1, 0.15) is 71.3 Å². The number of anilines is 1. The molecule has 1 heterocycles. The number of hydrogen-bond donors (Lipinski definition) is 2. The summed E-state index contributed by atoms with van der Waals surface area (Å²) in [6, 6.07) is 8.21. The largest absolute Gasteiger partial charge is 0.370 e. The van der Waals surface area contributed by atoms with Crippen LogP contribution in [-0.2, 0) is 9.59 Å². The number of nitrogens with two attached hydrogens (primary N) is 1. The zero-order chi connectivity index (χ0) is 23.5. The number of unbranched alkanes of at least 4 members (excludes halogenated alkanes) is 2. The van der Waals surface area contributed by atoms with Gasteiger partial charge in [0.1, 0.15) is 0 Å². The Morgan fingerprint density at radius 2 is 1.66 bits per heavy atom. The van der Waals surface area contributed by atoms with E-state index in [-0.39, 0.29) is 11.8 Å². The number of nitrogens with zero attached hydrogens (tertiary/aromatic N) is 3. The van der Waals surface area contributed by atoms with E-state index in [1.165, 1.54) is 5.56 Å². The first-order chi connectivity index (χ1) is 15.3. The van der Waals surface area contributed by atoms with Crippen LogP contribution in [0, 0.1) is 5.92 Å². The zero-order valence-electron chi connectivity index (χ0n) is 20.3. The summed E-state index contributed by atoms with van der Waals surface area (Å²) in [6.45, 7) is 11.7. The number of guanidine groups is 1. The average Bonchev–Trinajstić information content (AvgIpc) is 2.75. The van der Waals surface area contributed by atoms with Gasteiger partial charge in [-0.25, -0.2) is 0 Å². The average molecular weight is 444 g/mol. The number of carbonyl (C=O) groups is 2. The van der Waals surface area contributed by atoms with Gasteiger partial charge in [0.15, 0.2) is 5.96 Å². The first-order valence-corrected chi connectivity index (χ1v) is 12.0. The Morgan fingerprint density at radius 3 is 2.28 bits per heavy atom. The number of rotatable bonds is 10. The van der Waals surface area contributed by atoms with Crippen LogP contribution < -0.4 is 11.1 Å². The molecule has 1 aliphatic rings. The van der Waals surface area contributed by atoms with Gasteiger partial charge in [-0.15, -0.1) is 0 Å². The predicted molar refractivity (Wildman–Crippen MR) is 132 cm³/mol. The van der Waals surface area contributed by atoms with Crippen LogP contribution in [0.2, 0.25) is 0 Å². The van der Waals surface area contributed by atoms with Gasteiger partial charge in [-0.2, -0.15) is 0 Å². The summed E-state index contributed by atoms with van der Waals surface area (Å²) in [7, 11) is 0. The maximum atomic E-state index is 12.4. The van der Waals surface area contributed by atoms with E-state index in [9.17, 15) is 9.59 Å². The van der Waals surface area contributed by atoms with Gasteiger partial charge in [0.25, 0.3) is 0 Å². The van der Waals surface area contributed by atoms with Crippen molar-refractivity contribution in [2.75, 3.05) is 38.0 Å². The van der Waals surface area contributed by atoms with Gasteiger partial charge in [-0.3, -0.25) is 14.6 Å². The molecule has 178 valence electrons. The van der Waals surface area contributed by atoms with Crippen LogP contribution >= 0.6 is 0 Å². The summed E-state index contributed by atoms with van der Waals surface area (Å²) in [5.41, 5.74) is 8.21. The molecule has 0 aliphatic carbocycles. The van der Waals surface area contributed by atoms with Crippen LogP contribution in [-0.4, -0.2) is 60.3 Å². The minimum absolute atomic E-state index is 0.190. The van der Waals surface area contributed by atoms with Gasteiger partial charge in [-0.05, 0) is 42.4 Å². The summed E-state index contributed by atoms with van der Waals surface area (Å²) in [5, 5.41) is 3.15. The molecule has 0 bridgehead atoms. The standard InChI is InChI=1S/C25H41N5O2/c1-19(2)17-24(32)30-15-13-29(14-16-30)23(31)11-6-5-7-12-27-25(26)28-22-10-8-9-21(18-22)20(3)4/h8-10,18-20H,5-7,11-17H2,1-4H3,(H3,26,27,28). The maximum Gasteiger partial charge on any atom is 0.222 e. The molecule has 2 amide bonds. The molecule has 7 nitrogen and oxygen atoms in total. The summed E-state index contributed by atoms with van der Waals surface area (Å²) < 4.78 is 0. The Morgan fingerprint density at radius 1 is 1.00 bits per heavy atom. The lowest BCUT2D eigenvalue weighted by molar-refractivity contribution is -0.140. The van der Waals surface area contributed by atoms with Gasteiger partial charge >= 0.3 is 0 Å². The van der Waals surface area contributed by atoms with E-state index in [0.29, 0.717) is 63.4 Å². The van der Waals surface area contributed by atoms with Gasteiger partial charge < -0.3 is 20.9 Å². The molecule has 0 spiro atoms. The molecule has 0 atom stereocenters. The van der Waals surface area contributed by atoms with Crippen molar-refractivity contribution in [1.82, 2.24) is 9.80 Å². The number of amides is 2. The van der Waals surface area contributed by atoms with Crippen molar-refractivity contribution in [3.05, 3.63) is 29.8 Å². The Hall–Kier alpha value is -2.57. The fraction of sp³-hybridized carbons (Fsp3) is 0.640. The normalized spacial score (nSPS) is 14.9. The maximum absolute atomic E-state index is 12.4. The molecule has 1 aliphatic heterocycles. The Balaban J connectivity index is 1.60. The number of aliphatic imine (C=N–C) groups is 1. The number of piperazine rings is 1. The number of hydrogen-bond acceptors (Lipinski definition) is 3. The number of benzene rings is 1. The minimum atomic E-state index is 0.190. The second-order valence-electron chi connectivity index (χ2n) is 9.34. The fourth-order valence-electron chi connectivity index (χ4n) is 3.77. The third-order valence-corrected chi connectivity index (χ3v) is 5.72. The summed E-state index contributed by atoms with van der Waals surface area (Å²) in [6.07, 6.45) is 3.84. The highest BCUT2D eigenvalue weighted by Gasteiger charge is 2.23. The molecule has 0 radical (unpaired) electrons. The molecule has 3 N–H and O–H groups in total. The van der Waals surface area contributed by atoms with Crippen LogP contribution in [0.3, 0.4) is 0 Å². The molecule has 32 heavy (non-hydrogen) atoms. The second-order valence-corrected chi connectivity index (χ2v) is 9.34. The molecular weight excluding hydrogens is 402 g/mol. The van der Waals surface area contributed by atoms with Gasteiger partial charge in [0, 0.05) is 51.3 Å². The third-order valence-electron chi connectivity index (χ3n) is 5.72.